The maximum Gasteiger partial charge on any atom is 0.460 e. The number of carbonyl (C=O) groups is 1. The second-order valence-electron chi connectivity index (χ2n) is 7.46. The minimum absolute atomic E-state index is 0.0217. The van der Waals surface area contributed by atoms with Gasteiger partial charge >= 0.3 is 18.0 Å². The van der Waals surface area contributed by atoms with E-state index in [1.807, 2.05) is 0 Å². The van der Waals surface area contributed by atoms with E-state index in [0.717, 1.165) is 30.0 Å². The zero-order valence-corrected chi connectivity index (χ0v) is 19.6. The fourth-order valence-corrected chi connectivity index (χ4v) is 3.77. The lowest BCUT2D eigenvalue weighted by Crippen LogP contribution is -2.50. The van der Waals surface area contributed by atoms with Gasteiger partial charge in [0, 0.05) is 41.9 Å². The first-order valence-electron chi connectivity index (χ1n) is 10.2. The van der Waals surface area contributed by atoms with Gasteiger partial charge in [-0.3, -0.25) is 14.9 Å². The molecule has 0 atom stereocenters. The van der Waals surface area contributed by atoms with Gasteiger partial charge < -0.3 is 10.4 Å². The summed E-state index contributed by atoms with van der Waals surface area (Å²) >= 11 is 0.731. The lowest BCUT2D eigenvalue weighted by atomic mass is 10.0. The van der Waals surface area contributed by atoms with Crippen LogP contribution in [0.15, 0.2) is 40.5 Å². The zero-order chi connectivity index (χ0) is 29.2. The SMILES string of the molecule is O=C(Nc1ncc(C(F)(F)C(F)(F)C(F)(F)F)cc1F)c1cc([N+](=O)[O-])ccc1Sc1nnnn1CCCO. The molecule has 3 aromatic rings. The van der Waals surface area contributed by atoms with Crippen molar-refractivity contribution < 1.29 is 49.9 Å². The molecule has 0 fully saturated rings. The normalized spacial score (nSPS) is 12.4. The van der Waals surface area contributed by atoms with Gasteiger partial charge in [-0.1, -0.05) is 0 Å². The van der Waals surface area contributed by atoms with Gasteiger partial charge in [0.25, 0.3) is 11.6 Å². The van der Waals surface area contributed by atoms with Gasteiger partial charge in [0.05, 0.1) is 10.5 Å². The Labute approximate surface area is 215 Å². The number of non-ortho nitro benzene ring substituents is 1. The number of carbonyl (C=O) groups excluding carboxylic acids is 1. The van der Waals surface area contributed by atoms with Crippen molar-refractivity contribution in [3.63, 3.8) is 0 Å². The molecule has 0 unspecified atom stereocenters. The van der Waals surface area contributed by atoms with Crippen LogP contribution in [0.1, 0.15) is 22.3 Å². The number of pyridine rings is 1. The van der Waals surface area contributed by atoms with E-state index in [1.165, 1.54) is 4.68 Å². The molecular weight excluding hydrogens is 574 g/mol. The van der Waals surface area contributed by atoms with Crippen molar-refractivity contribution in [1.29, 1.82) is 0 Å². The van der Waals surface area contributed by atoms with E-state index in [9.17, 15) is 50.0 Å². The molecule has 0 bridgehead atoms. The average molecular weight is 587 g/mol. The van der Waals surface area contributed by atoms with Crippen LogP contribution in [0.5, 0.6) is 0 Å². The summed E-state index contributed by atoms with van der Waals surface area (Å²) in [6, 6.07) is 2.54. The molecule has 0 aliphatic heterocycles. The minimum atomic E-state index is -6.67. The van der Waals surface area contributed by atoms with E-state index < -0.39 is 57.3 Å². The van der Waals surface area contributed by atoms with Gasteiger partial charge in [0.15, 0.2) is 11.6 Å². The van der Waals surface area contributed by atoms with Crippen LogP contribution in [-0.4, -0.2) is 59.8 Å². The first-order valence-corrected chi connectivity index (χ1v) is 11.0. The van der Waals surface area contributed by atoms with Crippen LogP contribution < -0.4 is 5.32 Å². The van der Waals surface area contributed by atoms with Crippen LogP contribution in [0.4, 0.5) is 46.6 Å². The Morgan fingerprint density at radius 1 is 1.15 bits per heavy atom. The van der Waals surface area contributed by atoms with Crippen LogP contribution in [0, 0.1) is 15.9 Å². The topological polar surface area (TPSA) is 149 Å². The number of amides is 1. The van der Waals surface area contributed by atoms with Crippen molar-refractivity contribution >= 4 is 29.2 Å². The van der Waals surface area contributed by atoms with Gasteiger partial charge in [-0.25, -0.2) is 14.1 Å². The number of alkyl halides is 7. The first kappa shape index (κ1) is 29.6. The number of nitro groups is 1. The van der Waals surface area contributed by atoms with Crippen LogP contribution in [0.3, 0.4) is 0 Å². The molecule has 2 aromatic heterocycles. The highest BCUT2D eigenvalue weighted by atomic mass is 32.2. The summed E-state index contributed by atoms with van der Waals surface area (Å²) in [5, 5.41) is 32.9. The third-order valence-corrected chi connectivity index (χ3v) is 5.88. The van der Waals surface area contributed by atoms with E-state index in [1.54, 1.807) is 5.32 Å². The van der Waals surface area contributed by atoms with Gasteiger partial charge in [0.1, 0.15) is 0 Å². The van der Waals surface area contributed by atoms with Crippen molar-refractivity contribution in [3.05, 3.63) is 57.5 Å². The van der Waals surface area contributed by atoms with Gasteiger partial charge in [-0.15, -0.1) is 5.10 Å². The molecule has 39 heavy (non-hydrogen) atoms. The van der Waals surface area contributed by atoms with Crippen molar-refractivity contribution in [1.82, 2.24) is 25.2 Å². The van der Waals surface area contributed by atoms with Crippen LogP contribution in [-0.2, 0) is 12.5 Å². The van der Waals surface area contributed by atoms with E-state index >= 15 is 0 Å². The maximum atomic E-state index is 14.4. The minimum Gasteiger partial charge on any atom is -0.396 e. The predicted molar refractivity (Wildman–Crippen MR) is 114 cm³/mol. The largest absolute Gasteiger partial charge is 0.460 e. The van der Waals surface area contributed by atoms with E-state index in [4.69, 9.17) is 5.11 Å². The fourth-order valence-electron chi connectivity index (χ4n) is 2.86. The smallest absolute Gasteiger partial charge is 0.396 e. The lowest BCUT2D eigenvalue weighted by molar-refractivity contribution is -0.384. The molecule has 1 aromatic carbocycles. The Bertz CT molecular complexity index is 1390. The highest BCUT2D eigenvalue weighted by Crippen LogP contribution is 2.51. The summed E-state index contributed by atoms with van der Waals surface area (Å²) in [5.41, 5.74) is -3.20. The number of aliphatic hydroxyl groups is 1. The van der Waals surface area contributed by atoms with Crippen LogP contribution in [0.25, 0.3) is 0 Å². The van der Waals surface area contributed by atoms with Gasteiger partial charge in [-0.05, 0) is 40.7 Å². The van der Waals surface area contributed by atoms with Gasteiger partial charge in [-0.2, -0.15) is 30.7 Å². The quantitative estimate of drug-likeness (QED) is 0.202. The number of aliphatic hydroxyl groups excluding tert-OH is 1. The van der Waals surface area contributed by atoms with Crippen LogP contribution in [0.2, 0.25) is 0 Å². The molecule has 210 valence electrons. The predicted octanol–water partition coefficient (Wildman–Crippen LogP) is 4.19. The number of benzene rings is 1. The number of hydrogen-bond donors (Lipinski definition) is 2. The Morgan fingerprint density at radius 3 is 2.44 bits per heavy atom. The fraction of sp³-hybridized carbons (Fsp3) is 0.316. The Morgan fingerprint density at radius 2 is 1.85 bits per heavy atom. The lowest BCUT2D eigenvalue weighted by Gasteiger charge is -2.28. The monoisotopic (exact) mass is 587 g/mol. The Hall–Kier alpha value is -3.94. The second-order valence-corrected chi connectivity index (χ2v) is 8.47. The maximum absolute atomic E-state index is 14.4. The first-order chi connectivity index (χ1) is 18.1. The molecule has 2 heterocycles. The van der Waals surface area contributed by atoms with E-state index in [0.29, 0.717) is 0 Å². The summed E-state index contributed by atoms with van der Waals surface area (Å²) < 4.78 is 107. The Balaban J connectivity index is 1.93. The standard InChI is InChI=1S/C19H13F8N7O4S/c20-12-6-9(17(21,22)18(23,24)19(25,26)27)8-28-14(12)29-15(36)11-7-10(34(37)38)2-3-13(11)39-16-30-31-32-33(16)4-1-5-35/h2-3,6-8,35H,1,4-5H2,(H,28,29,36). The molecule has 0 aliphatic carbocycles. The van der Waals surface area contributed by atoms with E-state index in [2.05, 4.69) is 20.5 Å². The summed E-state index contributed by atoms with van der Waals surface area (Å²) in [6.45, 7) is -0.0495. The highest BCUT2D eigenvalue weighted by Gasteiger charge is 2.73. The molecule has 0 saturated heterocycles. The number of hydrogen-bond acceptors (Lipinski definition) is 9. The molecular formula is C19H13F8N7O4S. The van der Waals surface area contributed by atoms with Crippen molar-refractivity contribution in [2.45, 2.75) is 41.0 Å². The number of aromatic nitrogens is 5. The molecule has 1 amide bonds. The third-order valence-electron chi connectivity index (χ3n) is 4.83. The summed E-state index contributed by atoms with van der Waals surface area (Å²) in [6.07, 6.45) is -6.61. The molecule has 11 nitrogen and oxygen atoms in total. The number of tetrazole rings is 1. The Kier molecular flexibility index (Phi) is 8.39. The van der Waals surface area contributed by atoms with Crippen molar-refractivity contribution in [2.75, 3.05) is 11.9 Å². The number of nitro benzene ring substituents is 1. The zero-order valence-electron chi connectivity index (χ0n) is 18.8. The van der Waals surface area contributed by atoms with E-state index in [-0.39, 0.29) is 41.9 Å². The van der Waals surface area contributed by atoms with Gasteiger partial charge in [0.2, 0.25) is 5.16 Å². The third kappa shape index (κ3) is 6.05. The number of halogens is 8. The molecule has 20 heteroatoms. The number of rotatable bonds is 10. The molecule has 0 aliphatic rings. The number of nitrogens with zero attached hydrogens (tertiary/aromatic N) is 6. The highest BCUT2D eigenvalue weighted by molar-refractivity contribution is 7.99. The summed E-state index contributed by atoms with van der Waals surface area (Å²) in [7, 11) is 0. The van der Waals surface area contributed by atoms with Crippen LogP contribution >= 0.6 is 11.8 Å². The molecule has 0 radical (unpaired) electrons. The summed E-state index contributed by atoms with van der Waals surface area (Å²) in [4.78, 5) is 26.2. The average Bonchev–Trinajstić information content (AvgIpc) is 3.29. The number of anilines is 1. The molecule has 3 rings (SSSR count). The summed E-state index contributed by atoms with van der Waals surface area (Å²) in [5.74, 6) is -16.8. The van der Waals surface area contributed by atoms with Crippen molar-refractivity contribution in [2.24, 2.45) is 0 Å². The number of nitrogens with one attached hydrogen (secondary N) is 1. The molecule has 0 saturated carbocycles. The molecule has 2 N–H and O–H groups in total. The number of aryl methyl sites for hydroxylation is 1. The van der Waals surface area contributed by atoms with Crippen molar-refractivity contribution in [3.8, 4) is 0 Å². The molecule has 0 spiro atoms. The second kappa shape index (κ2) is 11.0.